The molecule has 0 saturated carbocycles. The van der Waals surface area contributed by atoms with Crippen LogP contribution in [0.4, 0.5) is 17.1 Å². The Balaban J connectivity index is 0.00000220. The highest BCUT2D eigenvalue weighted by Gasteiger charge is 2.14. The van der Waals surface area contributed by atoms with Crippen LogP contribution in [0.1, 0.15) is 19.8 Å². The molecule has 0 aliphatic carbocycles. The van der Waals surface area contributed by atoms with Gasteiger partial charge in [-0.05, 0) is 37.0 Å². The molecular formula is C15H24ClN3O2. The largest absolute Gasteiger partial charge is 0.397 e. The van der Waals surface area contributed by atoms with Crippen molar-refractivity contribution in [3.63, 3.8) is 0 Å². The van der Waals surface area contributed by atoms with Crippen LogP contribution in [0.25, 0.3) is 0 Å². The number of anilines is 3. The van der Waals surface area contributed by atoms with E-state index in [2.05, 4.69) is 5.32 Å². The van der Waals surface area contributed by atoms with Crippen LogP contribution in [-0.4, -0.2) is 32.7 Å². The molecule has 1 amide bonds. The SMILES string of the molecule is CC(=O)N(C)c1ccc(NCC2CCOCC2)c(N)c1.Cl. The molecule has 21 heavy (non-hydrogen) atoms. The van der Waals surface area contributed by atoms with Gasteiger partial charge in [-0.15, -0.1) is 12.4 Å². The zero-order chi connectivity index (χ0) is 14.5. The minimum absolute atomic E-state index is 0. The first-order valence-electron chi connectivity index (χ1n) is 7.03. The molecule has 1 aliphatic heterocycles. The van der Waals surface area contributed by atoms with Crippen molar-refractivity contribution in [1.29, 1.82) is 0 Å². The Hall–Kier alpha value is -1.46. The lowest BCUT2D eigenvalue weighted by Crippen LogP contribution is -2.24. The van der Waals surface area contributed by atoms with Gasteiger partial charge in [-0.3, -0.25) is 4.79 Å². The number of halogens is 1. The van der Waals surface area contributed by atoms with Gasteiger partial charge in [0.05, 0.1) is 11.4 Å². The summed E-state index contributed by atoms with van der Waals surface area (Å²) in [5.41, 5.74) is 8.46. The maximum absolute atomic E-state index is 11.3. The smallest absolute Gasteiger partial charge is 0.223 e. The Labute approximate surface area is 132 Å². The molecule has 1 fully saturated rings. The monoisotopic (exact) mass is 313 g/mol. The third kappa shape index (κ3) is 4.79. The van der Waals surface area contributed by atoms with Crippen LogP contribution < -0.4 is 16.0 Å². The molecule has 0 atom stereocenters. The lowest BCUT2D eigenvalue weighted by atomic mass is 10.0. The molecule has 1 aromatic rings. The van der Waals surface area contributed by atoms with Gasteiger partial charge in [0.1, 0.15) is 0 Å². The average Bonchev–Trinajstić information content (AvgIpc) is 2.46. The van der Waals surface area contributed by atoms with Crippen molar-refractivity contribution in [1.82, 2.24) is 0 Å². The Morgan fingerprint density at radius 1 is 1.43 bits per heavy atom. The molecule has 1 heterocycles. The van der Waals surface area contributed by atoms with Gasteiger partial charge in [0.15, 0.2) is 0 Å². The maximum Gasteiger partial charge on any atom is 0.223 e. The molecule has 5 nitrogen and oxygen atoms in total. The Kier molecular flexibility index (Phi) is 6.78. The van der Waals surface area contributed by atoms with Crippen molar-refractivity contribution >= 4 is 35.4 Å². The third-order valence-electron chi connectivity index (χ3n) is 3.82. The number of ether oxygens (including phenoxy) is 1. The number of benzene rings is 1. The summed E-state index contributed by atoms with van der Waals surface area (Å²) in [7, 11) is 1.74. The van der Waals surface area contributed by atoms with E-state index in [1.54, 1.807) is 11.9 Å². The molecule has 0 spiro atoms. The number of nitrogen functional groups attached to an aromatic ring is 1. The maximum atomic E-state index is 11.3. The van der Waals surface area contributed by atoms with E-state index in [-0.39, 0.29) is 18.3 Å². The van der Waals surface area contributed by atoms with Crippen molar-refractivity contribution in [3.05, 3.63) is 18.2 Å². The van der Waals surface area contributed by atoms with Crippen LogP contribution in [-0.2, 0) is 9.53 Å². The van der Waals surface area contributed by atoms with E-state index < -0.39 is 0 Å². The number of carbonyl (C=O) groups is 1. The second-order valence-electron chi connectivity index (χ2n) is 5.29. The minimum Gasteiger partial charge on any atom is -0.397 e. The summed E-state index contributed by atoms with van der Waals surface area (Å²) in [6.07, 6.45) is 2.19. The van der Waals surface area contributed by atoms with Gasteiger partial charge in [0.25, 0.3) is 0 Å². The van der Waals surface area contributed by atoms with Crippen molar-refractivity contribution in [2.75, 3.05) is 42.8 Å². The fraction of sp³-hybridized carbons (Fsp3) is 0.533. The number of nitrogens with two attached hydrogens (primary N) is 1. The zero-order valence-corrected chi connectivity index (χ0v) is 13.4. The third-order valence-corrected chi connectivity index (χ3v) is 3.82. The van der Waals surface area contributed by atoms with Gasteiger partial charge in [-0.2, -0.15) is 0 Å². The Morgan fingerprint density at radius 2 is 2.10 bits per heavy atom. The molecular weight excluding hydrogens is 290 g/mol. The molecule has 3 N–H and O–H groups in total. The zero-order valence-electron chi connectivity index (χ0n) is 12.6. The van der Waals surface area contributed by atoms with Crippen LogP contribution in [0.3, 0.4) is 0 Å². The number of hydrogen-bond acceptors (Lipinski definition) is 4. The normalized spacial score (nSPS) is 15.1. The summed E-state index contributed by atoms with van der Waals surface area (Å²) in [4.78, 5) is 12.9. The predicted octanol–water partition coefficient (Wildman–Crippen LogP) is 2.51. The topological polar surface area (TPSA) is 67.6 Å². The summed E-state index contributed by atoms with van der Waals surface area (Å²) in [5, 5.41) is 3.39. The van der Waals surface area contributed by atoms with Gasteiger partial charge < -0.3 is 20.7 Å². The van der Waals surface area contributed by atoms with Crippen LogP contribution in [0.2, 0.25) is 0 Å². The first-order chi connectivity index (χ1) is 9.58. The van der Waals surface area contributed by atoms with E-state index in [0.717, 1.165) is 44.0 Å². The summed E-state index contributed by atoms with van der Waals surface area (Å²) in [6, 6.07) is 5.67. The van der Waals surface area contributed by atoms with Crippen LogP contribution in [0, 0.1) is 5.92 Å². The van der Waals surface area contributed by atoms with Gasteiger partial charge in [0, 0.05) is 39.4 Å². The van der Waals surface area contributed by atoms with E-state index >= 15 is 0 Å². The molecule has 0 radical (unpaired) electrons. The van der Waals surface area contributed by atoms with Crippen molar-refractivity contribution < 1.29 is 9.53 Å². The molecule has 0 aromatic heterocycles. The van der Waals surface area contributed by atoms with Gasteiger partial charge in [-0.1, -0.05) is 0 Å². The van der Waals surface area contributed by atoms with Crippen LogP contribution in [0.5, 0.6) is 0 Å². The standard InChI is InChI=1S/C15H23N3O2.ClH/c1-11(19)18(2)13-3-4-15(14(16)9-13)17-10-12-5-7-20-8-6-12;/h3-4,9,12,17H,5-8,10,16H2,1-2H3;1H. The number of hydrogen-bond donors (Lipinski definition) is 2. The van der Waals surface area contributed by atoms with Crippen molar-refractivity contribution in [2.45, 2.75) is 19.8 Å². The second-order valence-corrected chi connectivity index (χ2v) is 5.29. The van der Waals surface area contributed by atoms with Crippen LogP contribution >= 0.6 is 12.4 Å². The summed E-state index contributed by atoms with van der Waals surface area (Å²) >= 11 is 0. The number of nitrogens with zero attached hydrogens (tertiary/aromatic N) is 1. The number of nitrogens with one attached hydrogen (secondary N) is 1. The fourth-order valence-corrected chi connectivity index (χ4v) is 2.31. The molecule has 0 unspecified atom stereocenters. The lowest BCUT2D eigenvalue weighted by Gasteiger charge is -2.23. The summed E-state index contributed by atoms with van der Waals surface area (Å²) < 4.78 is 5.35. The predicted molar refractivity (Wildman–Crippen MR) is 89.2 cm³/mol. The lowest BCUT2D eigenvalue weighted by molar-refractivity contribution is -0.116. The van der Waals surface area contributed by atoms with Crippen molar-refractivity contribution in [2.24, 2.45) is 5.92 Å². The molecule has 2 rings (SSSR count). The highest BCUT2D eigenvalue weighted by atomic mass is 35.5. The number of amides is 1. The molecule has 118 valence electrons. The average molecular weight is 314 g/mol. The summed E-state index contributed by atoms with van der Waals surface area (Å²) in [6.45, 7) is 4.15. The second kappa shape index (κ2) is 8.10. The van der Waals surface area contributed by atoms with E-state index in [1.807, 2.05) is 18.2 Å². The minimum atomic E-state index is -0.00712. The van der Waals surface area contributed by atoms with Gasteiger partial charge >= 0.3 is 0 Å². The first kappa shape index (κ1) is 17.6. The quantitative estimate of drug-likeness (QED) is 0.838. The number of rotatable bonds is 4. The Morgan fingerprint density at radius 3 is 2.67 bits per heavy atom. The van der Waals surface area contributed by atoms with Crippen LogP contribution in [0.15, 0.2) is 18.2 Å². The van der Waals surface area contributed by atoms with E-state index in [9.17, 15) is 4.79 Å². The molecule has 6 heteroatoms. The van der Waals surface area contributed by atoms with Gasteiger partial charge in [-0.25, -0.2) is 0 Å². The van der Waals surface area contributed by atoms with E-state index in [4.69, 9.17) is 10.5 Å². The number of carbonyl (C=O) groups excluding carboxylic acids is 1. The Bertz CT molecular complexity index is 476. The highest BCUT2D eigenvalue weighted by molar-refractivity contribution is 5.92. The van der Waals surface area contributed by atoms with E-state index in [1.165, 1.54) is 6.92 Å². The molecule has 0 bridgehead atoms. The van der Waals surface area contributed by atoms with Gasteiger partial charge in [0.2, 0.25) is 5.91 Å². The summed E-state index contributed by atoms with van der Waals surface area (Å²) in [5.74, 6) is 0.634. The molecule has 1 aliphatic rings. The fourth-order valence-electron chi connectivity index (χ4n) is 2.31. The van der Waals surface area contributed by atoms with E-state index in [0.29, 0.717) is 11.6 Å². The highest BCUT2D eigenvalue weighted by Crippen LogP contribution is 2.26. The molecule has 1 saturated heterocycles. The van der Waals surface area contributed by atoms with Crippen molar-refractivity contribution in [3.8, 4) is 0 Å². The first-order valence-corrected chi connectivity index (χ1v) is 7.03. The molecule has 1 aromatic carbocycles.